The van der Waals surface area contributed by atoms with Crippen LogP contribution < -0.4 is 9.62 Å². The zero-order valence-electron chi connectivity index (χ0n) is 16.5. The van der Waals surface area contributed by atoms with Crippen molar-refractivity contribution < 1.29 is 22.8 Å². The van der Waals surface area contributed by atoms with Gasteiger partial charge in [-0.25, -0.2) is 13.2 Å². The minimum atomic E-state index is -3.41. The number of hydrogen-bond donors (Lipinski definition) is 2. The van der Waals surface area contributed by atoms with E-state index in [9.17, 15) is 18.3 Å². The summed E-state index contributed by atoms with van der Waals surface area (Å²) in [5, 5.41) is 14.5. The third-order valence-electron chi connectivity index (χ3n) is 4.47. The van der Waals surface area contributed by atoms with Gasteiger partial charge in [0.15, 0.2) is 5.76 Å². The van der Waals surface area contributed by atoms with Crippen molar-refractivity contribution >= 4 is 39.1 Å². The predicted octanol–water partition coefficient (Wildman–Crippen LogP) is 4.92. The Balaban J connectivity index is 2.02. The zero-order valence-corrected chi connectivity index (χ0v) is 18.0. The molecule has 0 aliphatic carbocycles. The van der Waals surface area contributed by atoms with Crippen molar-refractivity contribution in [2.24, 2.45) is 0 Å². The van der Waals surface area contributed by atoms with Gasteiger partial charge in [-0.1, -0.05) is 28.9 Å². The monoisotopic (exact) mass is 449 g/mol. The molecule has 0 radical (unpaired) electrons. The summed E-state index contributed by atoms with van der Waals surface area (Å²) < 4.78 is 30.6. The first-order chi connectivity index (χ1) is 14.1. The van der Waals surface area contributed by atoms with Crippen molar-refractivity contribution in [2.45, 2.75) is 19.9 Å². The first-order valence-corrected chi connectivity index (χ1v) is 11.2. The van der Waals surface area contributed by atoms with Crippen molar-refractivity contribution in [1.82, 2.24) is 5.16 Å². The van der Waals surface area contributed by atoms with Gasteiger partial charge in [0, 0.05) is 16.3 Å². The summed E-state index contributed by atoms with van der Waals surface area (Å²) in [7, 11) is -3.41. The van der Waals surface area contributed by atoms with E-state index in [0.717, 1.165) is 11.8 Å². The van der Waals surface area contributed by atoms with Gasteiger partial charge < -0.3 is 9.63 Å². The van der Waals surface area contributed by atoms with Crippen LogP contribution in [-0.4, -0.2) is 31.0 Å². The number of benzene rings is 2. The Hall–Kier alpha value is -3.04. The first kappa shape index (κ1) is 21.7. The van der Waals surface area contributed by atoms with Crippen molar-refractivity contribution in [3.05, 3.63) is 64.8 Å². The van der Waals surface area contributed by atoms with Gasteiger partial charge in [0.1, 0.15) is 11.4 Å². The lowest BCUT2D eigenvalue weighted by Crippen LogP contribution is -2.32. The number of hydrogen-bond acceptors (Lipinski definition) is 5. The van der Waals surface area contributed by atoms with Crippen LogP contribution in [0.3, 0.4) is 0 Å². The highest BCUT2D eigenvalue weighted by Gasteiger charge is 2.30. The van der Waals surface area contributed by atoms with E-state index in [4.69, 9.17) is 16.1 Å². The Morgan fingerprint density at radius 3 is 2.30 bits per heavy atom. The number of aryl methyl sites for hydroxylation is 1. The molecular weight excluding hydrogens is 430 g/mol. The summed E-state index contributed by atoms with van der Waals surface area (Å²) in [4.78, 5) is 13.4. The Bertz CT molecular complexity index is 1160. The van der Waals surface area contributed by atoms with Gasteiger partial charge in [-0.05, 0) is 55.8 Å². The molecule has 1 heterocycles. The molecule has 8 nitrogen and oxygen atoms in total. The van der Waals surface area contributed by atoms with Gasteiger partial charge in [-0.2, -0.15) is 0 Å². The Morgan fingerprint density at radius 2 is 1.77 bits per heavy atom. The van der Waals surface area contributed by atoms with E-state index in [2.05, 4.69) is 9.88 Å². The van der Waals surface area contributed by atoms with Gasteiger partial charge in [-0.3, -0.25) is 9.62 Å². The predicted molar refractivity (Wildman–Crippen MR) is 116 cm³/mol. The summed E-state index contributed by atoms with van der Waals surface area (Å²) in [5.74, 6) is 0.265. The fraction of sp³-hybridized carbons (Fsp3) is 0.200. The number of halogens is 1. The maximum Gasteiger partial charge on any atom is 0.412 e. The van der Waals surface area contributed by atoms with E-state index in [1.807, 2.05) is 0 Å². The third kappa shape index (κ3) is 4.74. The lowest BCUT2D eigenvalue weighted by Gasteiger charge is -2.26. The molecule has 30 heavy (non-hydrogen) atoms. The molecule has 0 spiro atoms. The Labute approximate surface area is 179 Å². The number of sulfonamides is 1. The number of rotatable bonds is 6. The normalized spacial score (nSPS) is 12.4. The average Bonchev–Trinajstić information content (AvgIpc) is 3.03. The lowest BCUT2D eigenvalue weighted by molar-refractivity contribution is 0.199. The third-order valence-corrected chi connectivity index (χ3v) is 5.33. The highest BCUT2D eigenvalue weighted by atomic mass is 35.5. The molecule has 0 fully saturated rings. The van der Waals surface area contributed by atoms with Crippen LogP contribution in [0.2, 0.25) is 5.02 Å². The van der Waals surface area contributed by atoms with E-state index in [-0.39, 0.29) is 5.76 Å². The topological polar surface area (TPSA) is 113 Å². The molecule has 0 saturated carbocycles. The molecule has 1 amide bonds. The van der Waals surface area contributed by atoms with Gasteiger partial charge in [0.2, 0.25) is 10.0 Å². The van der Waals surface area contributed by atoms with Crippen molar-refractivity contribution in [2.75, 3.05) is 15.9 Å². The summed E-state index contributed by atoms with van der Waals surface area (Å²) in [5.41, 5.74) is 2.41. The number of anilines is 2. The molecule has 0 aliphatic heterocycles. The standard InChI is InChI=1S/C20H20ClN3O5S/c1-12-18(24(20(25)26)13(2)14-4-8-16(21)9-5-14)19(29-22-12)15-6-10-17(11-7-15)23-30(3,27)28/h4-11,13,23H,1-3H3,(H,25,26). The number of carboxylic acid groups (broad SMARTS) is 1. The fourth-order valence-corrected chi connectivity index (χ4v) is 3.78. The molecule has 3 rings (SSSR count). The summed E-state index contributed by atoms with van der Waals surface area (Å²) in [6.45, 7) is 3.42. The first-order valence-electron chi connectivity index (χ1n) is 8.89. The second kappa shape index (κ2) is 8.37. The minimum Gasteiger partial charge on any atom is -0.465 e. The zero-order chi connectivity index (χ0) is 22.1. The molecule has 1 unspecified atom stereocenters. The summed E-state index contributed by atoms with van der Waals surface area (Å²) >= 11 is 5.94. The van der Waals surface area contributed by atoms with Gasteiger partial charge in [-0.15, -0.1) is 0 Å². The second-order valence-electron chi connectivity index (χ2n) is 6.78. The van der Waals surface area contributed by atoms with Gasteiger partial charge in [0.25, 0.3) is 0 Å². The molecule has 3 aromatic rings. The van der Waals surface area contributed by atoms with E-state index >= 15 is 0 Å². The van der Waals surface area contributed by atoms with Crippen molar-refractivity contribution in [3.8, 4) is 11.3 Å². The van der Waals surface area contributed by atoms with Crippen LogP contribution in [-0.2, 0) is 10.0 Å². The SMILES string of the molecule is Cc1noc(-c2ccc(NS(C)(=O)=O)cc2)c1N(C(=O)O)C(C)c1ccc(Cl)cc1. The quantitative estimate of drug-likeness (QED) is 0.552. The number of nitrogens with zero attached hydrogens (tertiary/aromatic N) is 2. The minimum absolute atomic E-state index is 0.265. The molecule has 158 valence electrons. The van der Waals surface area contributed by atoms with Crippen LogP contribution in [0.25, 0.3) is 11.3 Å². The van der Waals surface area contributed by atoms with Crippen LogP contribution in [0.5, 0.6) is 0 Å². The van der Waals surface area contributed by atoms with E-state index in [1.54, 1.807) is 62.4 Å². The van der Waals surface area contributed by atoms with E-state index < -0.39 is 22.2 Å². The van der Waals surface area contributed by atoms with Crippen LogP contribution in [0.4, 0.5) is 16.2 Å². The number of nitrogens with one attached hydrogen (secondary N) is 1. The molecule has 1 aromatic heterocycles. The number of carbonyl (C=O) groups is 1. The van der Waals surface area contributed by atoms with Crippen LogP contribution >= 0.6 is 11.6 Å². The molecule has 0 bridgehead atoms. The van der Waals surface area contributed by atoms with Gasteiger partial charge >= 0.3 is 6.09 Å². The molecule has 0 aliphatic rings. The summed E-state index contributed by atoms with van der Waals surface area (Å²) in [6, 6.07) is 12.8. The molecule has 2 aromatic carbocycles. The highest BCUT2D eigenvalue weighted by molar-refractivity contribution is 7.92. The van der Waals surface area contributed by atoms with Crippen LogP contribution in [0.15, 0.2) is 53.1 Å². The molecule has 0 saturated heterocycles. The largest absolute Gasteiger partial charge is 0.465 e. The maximum absolute atomic E-state index is 12.2. The lowest BCUT2D eigenvalue weighted by atomic mass is 10.0. The highest BCUT2D eigenvalue weighted by Crippen LogP contribution is 2.38. The molecule has 10 heteroatoms. The number of aromatic nitrogens is 1. The fourth-order valence-electron chi connectivity index (χ4n) is 3.09. The maximum atomic E-state index is 12.2. The Kier molecular flexibility index (Phi) is 6.04. The molecular formula is C20H20ClN3O5S. The average molecular weight is 450 g/mol. The summed E-state index contributed by atoms with van der Waals surface area (Å²) in [6.07, 6.45) is -0.109. The van der Waals surface area contributed by atoms with E-state index in [1.165, 1.54) is 4.90 Å². The second-order valence-corrected chi connectivity index (χ2v) is 8.96. The molecule has 1 atom stereocenters. The van der Waals surface area contributed by atoms with E-state index in [0.29, 0.717) is 27.7 Å². The van der Waals surface area contributed by atoms with Crippen LogP contribution in [0.1, 0.15) is 24.2 Å². The Morgan fingerprint density at radius 1 is 1.17 bits per heavy atom. The van der Waals surface area contributed by atoms with Crippen LogP contribution in [0, 0.1) is 6.92 Å². The smallest absolute Gasteiger partial charge is 0.412 e. The van der Waals surface area contributed by atoms with Gasteiger partial charge in [0.05, 0.1) is 12.3 Å². The molecule has 2 N–H and O–H groups in total. The number of amides is 1. The van der Waals surface area contributed by atoms with Crippen molar-refractivity contribution in [1.29, 1.82) is 0 Å². The van der Waals surface area contributed by atoms with Crippen molar-refractivity contribution in [3.63, 3.8) is 0 Å².